The summed E-state index contributed by atoms with van der Waals surface area (Å²) in [5, 5.41) is 21.4. The van der Waals surface area contributed by atoms with Crippen LogP contribution in [0.3, 0.4) is 0 Å². The van der Waals surface area contributed by atoms with Crippen molar-refractivity contribution in [2.75, 3.05) is 25.0 Å². The Labute approximate surface area is 233 Å². The number of hydrogen-bond donors (Lipinski definition) is 3. The third-order valence-electron chi connectivity index (χ3n) is 6.20. The van der Waals surface area contributed by atoms with Crippen LogP contribution in [0, 0.1) is 12.3 Å². The molecule has 1 aliphatic heterocycles. The van der Waals surface area contributed by atoms with E-state index < -0.39 is 17.7 Å². The molecule has 11 heteroatoms. The lowest BCUT2D eigenvalue weighted by atomic mass is 9.92. The highest BCUT2D eigenvalue weighted by Crippen LogP contribution is 2.44. The first-order valence-electron chi connectivity index (χ1n) is 12.9. The van der Waals surface area contributed by atoms with Crippen molar-refractivity contribution in [3.63, 3.8) is 0 Å². The number of aryl methyl sites for hydroxylation is 1. The van der Waals surface area contributed by atoms with Gasteiger partial charge in [0.15, 0.2) is 17.4 Å². The Bertz CT molecular complexity index is 1420. The lowest BCUT2D eigenvalue weighted by Gasteiger charge is -2.28. The number of anilines is 1. The Morgan fingerprint density at radius 3 is 2.62 bits per heavy atom. The van der Waals surface area contributed by atoms with Gasteiger partial charge >= 0.3 is 5.97 Å². The van der Waals surface area contributed by atoms with Crippen LogP contribution in [0.25, 0.3) is 16.9 Å². The maximum absolute atomic E-state index is 13.0. The Morgan fingerprint density at radius 2 is 1.97 bits per heavy atom. The molecule has 2 aromatic heterocycles. The molecule has 1 amide bonds. The maximum Gasteiger partial charge on any atom is 0.337 e. The first-order valence-corrected chi connectivity index (χ1v) is 13.3. The van der Waals surface area contributed by atoms with Crippen LogP contribution in [0.1, 0.15) is 75.8 Å². The third kappa shape index (κ3) is 6.28. The zero-order valence-electron chi connectivity index (χ0n) is 23.4. The molecule has 0 radical (unpaired) electrons. The zero-order chi connectivity index (χ0) is 28.7. The van der Waals surface area contributed by atoms with E-state index >= 15 is 0 Å². The van der Waals surface area contributed by atoms with Crippen LogP contribution in [-0.2, 0) is 9.53 Å². The summed E-state index contributed by atoms with van der Waals surface area (Å²) in [7, 11) is 0. The fourth-order valence-electron chi connectivity index (χ4n) is 4.41. The number of carboxylic acids is 1. The highest BCUT2D eigenvalue weighted by Gasteiger charge is 2.34. The van der Waals surface area contributed by atoms with E-state index in [-0.39, 0.29) is 17.0 Å². The van der Waals surface area contributed by atoms with Crippen molar-refractivity contribution >= 4 is 34.8 Å². The summed E-state index contributed by atoms with van der Waals surface area (Å²) in [4.78, 5) is 30.2. The Kier molecular flexibility index (Phi) is 7.82. The fraction of sp³-hybridized carbons (Fsp3) is 0.500. The number of halogens is 1. The zero-order valence-corrected chi connectivity index (χ0v) is 24.2. The molecule has 0 bridgehead atoms. The number of hydrogen-bond acceptors (Lipinski definition) is 7. The van der Waals surface area contributed by atoms with Crippen LogP contribution in [-0.4, -0.2) is 56.9 Å². The van der Waals surface area contributed by atoms with E-state index in [4.69, 9.17) is 21.1 Å². The van der Waals surface area contributed by atoms with Crippen molar-refractivity contribution in [3.8, 4) is 17.0 Å². The van der Waals surface area contributed by atoms with E-state index in [9.17, 15) is 14.7 Å². The van der Waals surface area contributed by atoms with Gasteiger partial charge in [0.1, 0.15) is 12.4 Å². The predicted molar refractivity (Wildman–Crippen MR) is 150 cm³/mol. The minimum atomic E-state index is -1.37. The van der Waals surface area contributed by atoms with E-state index in [0.717, 1.165) is 6.42 Å². The number of rotatable bonds is 7. The van der Waals surface area contributed by atoms with Gasteiger partial charge in [0.2, 0.25) is 0 Å². The minimum absolute atomic E-state index is 0.0623. The second kappa shape index (κ2) is 10.7. The summed E-state index contributed by atoms with van der Waals surface area (Å²) in [6.07, 6.45) is -0.579. The monoisotopic (exact) mass is 557 g/mol. The number of aliphatic carboxylic acids is 1. The number of aromatic nitrogens is 3. The van der Waals surface area contributed by atoms with Crippen LogP contribution in [0.4, 0.5) is 5.69 Å². The van der Waals surface area contributed by atoms with Gasteiger partial charge in [-0.1, -0.05) is 32.4 Å². The molecule has 1 atom stereocenters. The standard InChI is InChI=1S/C28H36ClN5O5/c1-15-20(24(26(36)37)39-28(5,6)7)23(16-8-9-18-22(21(16)29)30-12-13-38-18)34-19(32-15)14-17(33-34)25(35)31-11-10-27(2,3)4/h8-9,14,24,30H,10-13H2,1-7H3,(H,31,35)(H,36,37). The van der Waals surface area contributed by atoms with Gasteiger partial charge in [-0.2, -0.15) is 5.10 Å². The molecule has 210 valence electrons. The van der Waals surface area contributed by atoms with Crippen molar-refractivity contribution < 1.29 is 24.2 Å². The van der Waals surface area contributed by atoms with E-state index in [0.29, 0.717) is 64.3 Å². The molecule has 39 heavy (non-hydrogen) atoms. The van der Waals surface area contributed by atoms with E-state index in [1.807, 2.05) is 0 Å². The van der Waals surface area contributed by atoms with Gasteiger partial charge in [-0.25, -0.2) is 14.3 Å². The summed E-state index contributed by atoms with van der Waals surface area (Å²) in [5.74, 6) is -0.931. The number of nitrogens with one attached hydrogen (secondary N) is 2. The number of carboxylic acid groups (broad SMARTS) is 1. The average molecular weight is 558 g/mol. The number of ether oxygens (including phenoxy) is 2. The lowest BCUT2D eigenvalue weighted by Crippen LogP contribution is -2.29. The molecule has 4 rings (SSSR count). The molecule has 0 aliphatic carbocycles. The van der Waals surface area contributed by atoms with Gasteiger partial charge in [-0.05, 0) is 51.7 Å². The van der Waals surface area contributed by atoms with Crippen LogP contribution in [0.15, 0.2) is 18.2 Å². The average Bonchev–Trinajstić information content (AvgIpc) is 3.25. The highest BCUT2D eigenvalue weighted by atomic mass is 35.5. The van der Waals surface area contributed by atoms with Crippen LogP contribution >= 0.6 is 11.6 Å². The van der Waals surface area contributed by atoms with Crippen LogP contribution in [0.5, 0.6) is 5.75 Å². The minimum Gasteiger partial charge on any atom is -0.490 e. The second-order valence-electron chi connectivity index (χ2n) is 11.8. The highest BCUT2D eigenvalue weighted by molar-refractivity contribution is 6.36. The lowest BCUT2D eigenvalue weighted by molar-refractivity contribution is -0.160. The van der Waals surface area contributed by atoms with Gasteiger partial charge in [-0.15, -0.1) is 0 Å². The van der Waals surface area contributed by atoms with Crippen LogP contribution in [0.2, 0.25) is 5.02 Å². The first kappa shape index (κ1) is 28.6. The molecule has 0 spiro atoms. The van der Waals surface area contributed by atoms with Crippen LogP contribution < -0.4 is 15.4 Å². The summed E-state index contributed by atoms with van der Waals surface area (Å²) in [6.45, 7) is 14.9. The predicted octanol–water partition coefficient (Wildman–Crippen LogP) is 5.27. The molecular weight excluding hydrogens is 522 g/mol. The molecule has 3 aromatic rings. The van der Waals surface area contributed by atoms with Gasteiger partial charge in [0.05, 0.1) is 22.0 Å². The normalized spacial score (nSPS) is 14.4. The van der Waals surface area contributed by atoms with Crippen molar-refractivity contribution in [1.29, 1.82) is 0 Å². The van der Waals surface area contributed by atoms with Crippen molar-refractivity contribution in [1.82, 2.24) is 19.9 Å². The van der Waals surface area contributed by atoms with E-state index in [1.165, 1.54) is 4.52 Å². The summed E-state index contributed by atoms with van der Waals surface area (Å²) in [5.41, 5.74) is 2.03. The fourth-order valence-corrected chi connectivity index (χ4v) is 4.72. The largest absolute Gasteiger partial charge is 0.490 e. The summed E-state index contributed by atoms with van der Waals surface area (Å²) >= 11 is 6.91. The van der Waals surface area contributed by atoms with Crippen molar-refractivity contribution in [2.45, 2.75) is 66.6 Å². The first-order chi connectivity index (χ1) is 18.2. The Balaban J connectivity index is 1.93. The van der Waals surface area contributed by atoms with Gasteiger partial charge < -0.3 is 25.2 Å². The molecule has 10 nitrogen and oxygen atoms in total. The number of amides is 1. The summed E-state index contributed by atoms with van der Waals surface area (Å²) < 4.78 is 13.2. The smallest absolute Gasteiger partial charge is 0.337 e. The molecule has 3 heterocycles. The number of fused-ring (bicyclic) bond motifs is 2. The SMILES string of the molecule is Cc1nc2cc(C(=O)NCCC(C)(C)C)nn2c(-c2ccc3c(c2Cl)NCCO3)c1C(OC(C)(C)C)C(=O)O. The third-order valence-corrected chi connectivity index (χ3v) is 6.59. The summed E-state index contributed by atoms with van der Waals surface area (Å²) in [6, 6.07) is 5.12. The second-order valence-corrected chi connectivity index (χ2v) is 12.2. The van der Waals surface area contributed by atoms with Gasteiger partial charge in [0.25, 0.3) is 5.91 Å². The molecule has 3 N–H and O–H groups in total. The molecule has 0 fully saturated rings. The van der Waals surface area contributed by atoms with Crippen molar-refractivity contribution in [3.05, 3.63) is 40.2 Å². The van der Waals surface area contributed by atoms with E-state index in [2.05, 4.69) is 41.5 Å². The quantitative estimate of drug-likeness (QED) is 0.358. The number of carbonyl (C=O) groups is 2. The molecule has 0 saturated carbocycles. The molecule has 1 unspecified atom stereocenters. The van der Waals surface area contributed by atoms with Crippen molar-refractivity contribution in [2.24, 2.45) is 5.41 Å². The number of benzene rings is 1. The molecule has 0 saturated heterocycles. The Morgan fingerprint density at radius 1 is 1.26 bits per heavy atom. The molecular formula is C28H36ClN5O5. The van der Waals surface area contributed by atoms with E-state index in [1.54, 1.807) is 45.9 Å². The van der Waals surface area contributed by atoms with Gasteiger partial charge in [-0.3, -0.25) is 4.79 Å². The Hall–Kier alpha value is -3.37. The topological polar surface area (TPSA) is 127 Å². The molecule has 1 aromatic carbocycles. The molecule has 1 aliphatic rings. The number of nitrogens with zero attached hydrogens (tertiary/aromatic N) is 3. The maximum atomic E-state index is 13.0. The number of carbonyl (C=O) groups excluding carboxylic acids is 1. The van der Waals surface area contributed by atoms with Gasteiger partial charge in [0, 0.05) is 36.0 Å².